The molecule has 1 unspecified atom stereocenters. The normalized spacial score (nSPS) is 24.1. The summed E-state index contributed by atoms with van der Waals surface area (Å²) < 4.78 is 5.16. The molecule has 0 fully saturated rings. The topological polar surface area (TPSA) is 33.0 Å². The second-order valence-corrected chi connectivity index (χ2v) is 4.61. The largest absolute Gasteiger partial charge is 0.497 e. The Morgan fingerprint density at radius 3 is 2.93 bits per heavy atom. The lowest BCUT2D eigenvalue weighted by Crippen LogP contribution is -2.28. The van der Waals surface area contributed by atoms with E-state index in [1.165, 1.54) is 5.56 Å². The minimum Gasteiger partial charge on any atom is -0.497 e. The molecule has 0 amide bonds. The molecule has 0 aliphatic heterocycles. The number of nitrogens with zero attached hydrogens (tertiary/aromatic N) is 1. The Morgan fingerprint density at radius 1 is 1.47 bits per heavy atom. The predicted octanol–water partition coefficient (Wildman–Crippen LogP) is 2.69. The van der Waals surface area contributed by atoms with Gasteiger partial charge in [0, 0.05) is 6.42 Å². The maximum absolute atomic E-state index is 8.99. The fourth-order valence-electron chi connectivity index (χ4n) is 1.96. The summed E-state index contributed by atoms with van der Waals surface area (Å²) in [5, 5.41) is 8.99. The molecule has 0 aromatic heterocycles. The van der Waals surface area contributed by atoms with E-state index < -0.39 is 4.87 Å². The number of ether oxygens (including phenoxy) is 1. The monoisotopic (exact) mass is 221 g/mol. The van der Waals surface area contributed by atoms with Gasteiger partial charge in [0.25, 0.3) is 0 Å². The molecule has 2 rings (SSSR count). The van der Waals surface area contributed by atoms with Crippen LogP contribution in [-0.2, 0) is 12.8 Å². The number of benzene rings is 1. The van der Waals surface area contributed by atoms with Gasteiger partial charge in [0.15, 0.2) is 0 Å². The number of alkyl halides is 1. The number of rotatable bonds is 1. The van der Waals surface area contributed by atoms with Crippen molar-refractivity contribution in [1.29, 1.82) is 5.26 Å². The summed E-state index contributed by atoms with van der Waals surface area (Å²) in [5.41, 5.74) is 2.42. The van der Waals surface area contributed by atoms with E-state index >= 15 is 0 Å². The Labute approximate surface area is 94.4 Å². The first-order valence-corrected chi connectivity index (χ1v) is 5.31. The van der Waals surface area contributed by atoms with Crippen LogP contribution < -0.4 is 4.74 Å². The third-order valence-electron chi connectivity index (χ3n) is 2.88. The summed E-state index contributed by atoms with van der Waals surface area (Å²) in [5.74, 6) is 0.826. The second kappa shape index (κ2) is 3.75. The van der Waals surface area contributed by atoms with Crippen LogP contribution >= 0.6 is 11.6 Å². The zero-order valence-electron chi connectivity index (χ0n) is 8.59. The number of aryl methyl sites for hydroxylation is 1. The quantitative estimate of drug-likeness (QED) is 0.684. The van der Waals surface area contributed by atoms with Crippen LogP contribution in [0.2, 0.25) is 0 Å². The summed E-state index contributed by atoms with van der Waals surface area (Å²) in [7, 11) is 1.64. The minimum atomic E-state index is -0.723. The highest BCUT2D eigenvalue weighted by Gasteiger charge is 2.32. The molecule has 1 aromatic rings. The molecule has 0 saturated carbocycles. The minimum absolute atomic E-state index is 0.609. The molecular weight excluding hydrogens is 210 g/mol. The first-order valence-electron chi connectivity index (χ1n) is 4.93. The highest BCUT2D eigenvalue weighted by Crippen LogP contribution is 2.34. The summed E-state index contributed by atoms with van der Waals surface area (Å²) in [6.07, 6.45) is 2.21. The van der Waals surface area contributed by atoms with Crippen LogP contribution in [0.3, 0.4) is 0 Å². The van der Waals surface area contributed by atoms with Crippen LogP contribution in [0.25, 0.3) is 0 Å². The van der Waals surface area contributed by atoms with E-state index in [0.717, 1.165) is 24.2 Å². The summed E-state index contributed by atoms with van der Waals surface area (Å²) in [4.78, 5) is -0.723. The average molecular weight is 222 g/mol. The highest BCUT2D eigenvalue weighted by atomic mass is 35.5. The average Bonchev–Trinajstić information content (AvgIpc) is 2.28. The Bertz CT molecular complexity index is 424. The van der Waals surface area contributed by atoms with Gasteiger partial charge >= 0.3 is 0 Å². The molecule has 2 nitrogen and oxygen atoms in total. The maximum Gasteiger partial charge on any atom is 0.135 e. The number of nitriles is 1. The van der Waals surface area contributed by atoms with E-state index in [-0.39, 0.29) is 0 Å². The molecule has 0 N–H and O–H groups in total. The van der Waals surface area contributed by atoms with Gasteiger partial charge in [-0.1, -0.05) is 6.07 Å². The van der Waals surface area contributed by atoms with Crippen LogP contribution in [0.1, 0.15) is 17.5 Å². The molecule has 78 valence electrons. The molecule has 0 saturated heterocycles. The van der Waals surface area contributed by atoms with Crippen molar-refractivity contribution in [3.05, 3.63) is 29.3 Å². The molecule has 0 radical (unpaired) electrons. The Balaban J connectivity index is 2.36. The Kier molecular flexibility index (Phi) is 2.58. The number of fused-ring (bicyclic) bond motifs is 1. The zero-order chi connectivity index (χ0) is 10.9. The molecule has 0 bridgehead atoms. The lowest BCUT2D eigenvalue weighted by atomic mass is 9.84. The van der Waals surface area contributed by atoms with Crippen LogP contribution in [-0.4, -0.2) is 12.0 Å². The van der Waals surface area contributed by atoms with E-state index in [1.807, 2.05) is 12.1 Å². The highest BCUT2D eigenvalue weighted by molar-refractivity contribution is 6.26. The molecule has 1 aromatic carbocycles. The predicted molar refractivity (Wildman–Crippen MR) is 59.2 cm³/mol. The van der Waals surface area contributed by atoms with Crippen molar-refractivity contribution >= 4 is 11.6 Å². The van der Waals surface area contributed by atoms with Gasteiger partial charge in [-0.2, -0.15) is 5.26 Å². The van der Waals surface area contributed by atoms with Crippen LogP contribution in [0.4, 0.5) is 0 Å². The van der Waals surface area contributed by atoms with Gasteiger partial charge in [-0.15, -0.1) is 11.6 Å². The van der Waals surface area contributed by atoms with Crippen molar-refractivity contribution < 1.29 is 4.74 Å². The summed E-state index contributed by atoms with van der Waals surface area (Å²) in [6, 6.07) is 8.17. The van der Waals surface area contributed by atoms with Gasteiger partial charge < -0.3 is 4.74 Å². The Morgan fingerprint density at radius 2 is 2.27 bits per heavy atom. The van der Waals surface area contributed by atoms with Gasteiger partial charge in [0.1, 0.15) is 10.6 Å². The molecular formula is C12H12ClNO. The van der Waals surface area contributed by atoms with Crippen molar-refractivity contribution in [2.45, 2.75) is 24.1 Å². The van der Waals surface area contributed by atoms with Gasteiger partial charge in [-0.3, -0.25) is 0 Å². The number of methoxy groups -OCH3 is 1. The number of hydrogen-bond acceptors (Lipinski definition) is 2. The fraction of sp³-hybridized carbons (Fsp3) is 0.417. The molecule has 15 heavy (non-hydrogen) atoms. The third-order valence-corrected chi connectivity index (χ3v) is 3.28. The van der Waals surface area contributed by atoms with Crippen molar-refractivity contribution in [3.8, 4) is 11.8 Å². The lowest BCUT2D eigenvalue weighted by Gasteiger charge is -2.26. The molecule has 0 spiro atoms. The van der Waals surface area contributed by atoms with Gasteiger partial charge in [0.2, 0.25) is 0 Å². The SMILES string of the molecule is COc1ccc2c(c1)CC(Cl)(C#N)CC2. The van der Waals surface area contributed by atoms with Gasteiger partial charge in [-0.25, -0.2) is 0 Å². The third kappa shape index (κ3) is 1.93. The molecule has 1 aliphatic carbocycles. The maximum atomic E-state index is 8.99. The van der Waals surface area contributed by atoms with Crippen LogP contribution in [0.5, 0.6) is 5.75 Å². The molecule has 1 aliphatic rings. The van der Waals surface area contributed by atoms with E-state index in [4.69, 9.17) is 21.6 Å². The fourth-order valence-corrected chi connectivity index (χ4v) is 2.19. The van der Waals surface area contributed by atoms with Gasteiger partial charge in [-0.05, 0) is 36.1 Å². The molecule has 3 heteroatoms. The van der Waals surface area contributed by atoms with E-state index in [0.29, 0.717) is 6.42 Å². The Hall–Kier alpha value is -1.20. The molecule has 1 atom stereocenters. The van der Waals surface area contributed by atoms with E-state index in [2.05, 4.69) is 12.1 Å². The van der Waals surface area contributed by atoms with Crippen molar-refractivity contribution in [1.82, 2.24) is 0 Å². The first kappa shape index (κ1) is 10.3. The van der Waals surface area contributed by atoms with Crippen LogP contribution in [0, 0.1) is 11.3 Å². The smallest absolute Gasteiger partial charge is 0.135 e. The number of hydrogen-bond donors (Lipinski definition) is 0. The van der Waals surface area contributed by atoms with Crippen molar-refractivity contribution in [3.63, 3.8) is 0 Å². The van der Waals surface area contributed by atoms with Crippen LogP contribution in [0.15, 0.2) is 18.2 Å². The zero-order valence-corrected chi connectivity index (χ0v) is 9.34. The van der Waals surface area contributed by atoms with E-state index in [1.54, 1.807) is 7.11 Å². The first-order chi connectivity index (χ1) is 7.17. The standard InChI is InChI=1S/C12H12ClNO/c1-15-11-3-2-9-4-5-12(13,8-14)7-10(9)6-11/h2-3,6H,4-5,7H2,1H3. The van der Waals surface area contributed by atoms with E-state index in [9.17, 15) is 0 Å². The summed E-state index contributed by atoms with van der Waals surface area (Å²) in [6.45, 7) is 0. The van der Waals surface area contributed by atoms with Crippen molar-refractivity contribution in [2.75, 3.05) is 7.11 Å². The van der Waals surface area contributed by atoms with Crippen molar-refractivity contribution in [2.24, 2.45) is 0 Å². The van der Waals surface area contributed by atoms with Gasteiger partial charge in [0.05, 0.1) is 13.2 Å². The number of halogens is 1. The summed E-state index contributed by atoms with van der Waals surface area (Å²) >= 11 is 6.18. The lowest BCUT2D eigenvalue weighted by molar-refractivity contribution is 0.413. The second-order valence-electron chi connectivity index (χ2n) is 3.89. The molecule has 0 heterocycles.